The first-order chi connectivity index (χ1) is 18.0. The Balaban J connectivity index is 1.42. The van der Waals surface area contributed by atoms with Gasteiger partial charge in [-0.3, -0.25) is 14.9 Å². The highest BCUT2D eigenvalue weighted by Crippen LogP contribution is 2.29. The third-order valence-electron chi connectivity index (χ3n) is 6.96. The number of quaternary nitrogens is 1. The molecule has 0 atom stereocenters. The van der Waals surface area contributed by atoms with Gasteiger partial charge in [-0.15, -0.1) is 0 Å². The van der Waals surface area contributed by atoms with Gasteiger partial charge >= 0.3 is 0 Å². The van der Waals surface area contributed by atoms with E-state index >= 15 is 0 Å². The van der Waals surface area contributed by atoms with E-state index in [4.69, 9.17) is 11.6 Å². The average Bonchev–Trinajstić information content (AvgIpc) is 2.94. The Labute approximate surface area is 220 Å². The van der Waals surface area contributed by atoms with Gasteiger partial charge < -0.3 is 9.80 Å². The number of hydrogen-bond donors (Lipinski definition) is 1. The Hall–Kier alpha value is -4.00. The van der Waals surface area contributed by atoms with Crippen LogP contribution in [0.1, 0.15) is 33.1 Å². The Bertz CT molecular complexity index is 1350. The average molecular weight is 513 g/mol. The normalized spacial score (nSPS) is 14.1. The fraction of sp³-hybridized carbons (Fsp3) is 0.167. The van der Waals surface area contributed by atoms with Crippen LogP contribution in [0.3, 0.4) is 0 Å². The van der Waals surface area contributed by atoms with Crippen molar-refractivity contribution in [1.29, 1.82) is 0 Å². The minimum atomic E-state index is -0.463. The summed E-state index contributed by atoms with van der Waals surface area (Å²) < 4.78 is 0. The van der Waals surface area contributed by atoms with Crippen molar-refractivity contribution in [2.75, 3.05) is 31.1 Å². The Kier molecular flexibility index (Phi) is 7.30. The summed E-state index contributed by atoms with van der Waals surface area (Å²) in [4.78, 5) is 28.1. The lowest BCUT2D eigenvalue weighted by Gasteiger charge is -2.38. The summed E-state index contributed by atoms with van der Waals surface area (Å²) in [6.45, 7) is 3.18. The SMILES string of the molecule is O=C(c1ccc(Cl)cc1)c1cc([N+](=O)[O-])ccc1N1CC[NH+](C(c2ccccc2)c2ccccc2)CC1. The van der Waals surface area contributed by atoms with Gasteiger partial charge in [0, 0.05) is 39.5 Å². The molecule has 37 heavy (non-hydrogen) atoms. The van der Waals surface area contributed by atoms with Crippen LogP contribution in [0.15, 0.2) is 103 Å². The molecule has 6 nitrogen and oxygen atoms in total. The fourth-order valence-electron chi connectivity index (χ4n) is 5.13. The van der Waals surface area contributed by atoms with E-state index in [2.05, 4.69) is 53.4 Å². The predicted octanol–water partition coefficient (Wildman–Crippen LogP) is 4.97. The van der Waals surface area contributed by atoms with Crippen LogP contribution in [-0.4, -0.2) is 36.9 Å². The van der Waals surface area contributed by atoms with Gasteiger partial charge in [0.2, 0.25) is 0 Å². The van der Waals surface area contributed by atoms with Crippen LogP contribution in [0.5, 0.6) is 0 Å². The van der Waals surface area contributed by atoms with E-state index in [-0.39, 0.29) is 17.5 Å². The van der Waals surface area contributed by atoms with E-state index in [9.17, 15) is 14.9 Å². The number of rotatable bonds is 7. The maximum atomic E-state index is 13.4. The molecule has 0 unspecified atom stereocenters. The molecule has 1 heterocycles. The van der Waals surface area contributed by atoms with Gasteiger partial charge in [-0.2, -0.15) is 0 Å². The number of ketones is 1. The molecule has 1 N–H and O–H groups in total. The molecule has 7 heteroatoms. The quantitative estimate of drug-likeness (QED) is 0.215. The smallest absolute Gasteiger partial charge is 0.270 e. The summed E-state index contributed by atoms with van der Waals surface area (Å²) in [6.07, 6.45) is 0. The van der Waals surface area contributed by atoms with Crippen molar-refractivity contribution in [2.45, 2.75) is 6.04 Å². The van der Waals surface area contributed by atoms with Gasteiger partial charge in [0.15, 0.2) is 5.78 Å². The summed E-state index contributed by atoms with van der Waals surface area (Å²) in [6, 6.07) is 32.5. The van der Waals surface area contributed by atoms with Gasteiger partial charge in [-0.1, -0.05) is 72.3 Å². The maximum Gasteiger partial charge on any atom is 0.270 e. The number of nitro benzene ring substituents is 1. The lowest BCUT2D eigenvalue weighted by Crippen LogP contribution is -3.15. The predicted molar refractivity (Wildman–Crippen MR) is 146 cm³/mol. The standard InChI is InChI=1S/C30H26ClN3O3/c31-25-13-11-24(12-14-25)30(35)27-21-26(34(36)37)15-16-28(27)32-17-19-33(20-18-32)29(22-7-3-1-4-8-22)23-9-5-2-6-10-23/h1-16,21,29H,17-20H2/p+1. The molecule has 1 saturated heterocycles. The number of nitrogens with zero attached hydrogens (tertiary/aromatic N) is 2. The van der Waals surface area contributed by atoms with Crippen molar-refractivity contribution in [3.05, 3.63) is 141 Å². The molecule has 0 aromatic heterocycles. The number of non-ortho nitro benzene ring substituents is 1. The molecule has 1 fully saturated rings. The first kappa shape index (κ1) is 24.7. The molecule has 0 radical (unpaired) electrons. The third-order valence-corrected chi connectivity index (χ3v) is 7.21. The maximum absolute atomic E-state index is 13.4. The first-order valence-electron chi connectivity index (χ1n) is 12.3. The summed E-state index contributed by atoms with van der Waals surface area (Å²) in [7, 11) is 0. The molecule has 5 rings (SSSR count). The Morgan fingerprint density at radius 1 is 0.838 bits per heavy atom. The molecule has 0 bridgehead atoms. The third kappa shape index (κ3) is 5.40. The van der Waals surface area contributed by atoms with Gasteiger partial charge in [-0.25, -0.2) is 0 Å². The molecule has 1 aliphatic rings. The van der Waals surface area contributed by atoms with Gasteiger partial charge in [-0.05, 0) is 30.3 Å². The molecule has 4 aromatic carbocycles. The topological polar surface area (TPSA) is 67.9 Å². The Morgan fingerprint density at radius 3 is 1.95 bits per heavy atom. The fourth-order valence-corrected chi connectivity index (χ4v) is 5.26. The molecular weight excluding hydrogens is 486 g/mol. The molecular formula is C30H27ClN3O3+. The van der Waals surface area contributed by atoms with Crippen molar-refractivity contribution >= 4 is 28.8 Å². The zero-order valence-corrected chi connectivity index (χ0v) is 21.0. The van der Waals surface area contributed by atoms with Crippen LogP contribution in [0.25, 0.3) is 0 Å². The highest BCUT2D eigenvalue weighted by atomic mass is 35.5. The number of nitro groups is 1. The van der Waals surface area contributed by atoms with E-state index in [0.717, 1.165) is 31.9 Å². The number of anilines is 1. The summed E-state index contributed by atoms with van der Waals surface area (Å²) in [5, 5.41) is 12.0. The second kappa shape index (κ2) is 10.9. The lowest BCUT2D eigenvalue weighted by atomic mass is 9.96. The van der Waals surface area contributed by atoms with E-state index in [1.54, 1.807) is 30.3 Å². The van der Waals surface area contributed by atoms with Gasteiger partial charge in [0.1, 0.15) is 6.04 Å². The van der Waals surface area contributed by atoms with Crippen LogP contribution >= 0.6 is 11.6 Å². The van der Waals surface area contributed by atoms with Gasteiger partial charge in [0.25, 0.3) is 5.69 Å². The minimum absolute atomic E-state index is 0.0986. The van der Waals surface area contributed by atoms with Crippen LogP contribution in [0, 0.1) is 10.1 Å². The monoisotopic (exact) mass is 512 g/mol. The number of hydrogen-bond acceptors (Lipinski definition) is 4. The number of carbonyl (C=O) groups excluding carboxylic acids is 1. The highest BCUT2D eigenvalue weighted by Gasteiger charge is 2.31. The van der Waals surface area contributed by atoms with Crippen molar-refractivity contribution < 1.29 is 14.6 Å². The minimum Gasteiger partial charge on any atom is -0.360 e. The molecule has 0 saturated carbocycles. The molecule has 4 aromatic rings. The molecule has 0 spiro atoms. The van der Waals surface area contributed by atoms with E-state index < -0.39 is 4.92 Å². The summed E-state index contributed by atoms with van der Waals surface area (Å²) >= 11 is 6.00. The van der Waals surface area contributed by atoms with Crippen LogP contribution in [-0.2, 0) is 0 Å². The van der Waals surface area contributed by atoms with Crippen LogP contribution < -0.4 is 9.80 Å². The van der Waals surface area contributed by atoms with Crippen LogP contribution in [0.4, 0.5) is 11.4 Å². The van der Waals surface area contributed by atoms with Crippen molar-refractivity contribution in [3.63, 3.8) is 0 Å². The number of nitrogens with one attached hydrogen (secondary N) is 1. The van der Waals surface area contributed by atoms with Crippen molar-refractivity contribution in [2.24, 2.45) is 0 Å². The first-order valence-corrected chi connectivity index (χ1v) is 12.7. The zero-order valence-electron chi connectivity index (χ0n) is 20.2. The van der Waals surface area contributed by atoms with E-state index in [1.165, 1.54) is 28.2 Å². The molecule has 0 aliphatic carbocycles. The van der Waals surface area contributed by atoms with E-state index in [0.29, 0.717) is 16.1 Å². The molecule has 0 amide bonds. The highest BCUT2D eigenvalue weighted by molar-refractivity contribution is 6.30. The number of piperazine rings is 1. The molecule has 1 aliphatic heterocycles. The van der Waals surface area contributed by atoms with Gasteiger partial charge in [0.05, 0.1) is 36.7 Å². The van der Waals surface area contributed by atoms with Crippen molar-refractivity contribution in [3.8, 4) is 0 Å². The largest absolute Gasteiger partial charge is 0.360 e. The lowest BCUT2D eigenvalue weighted by molar-refractivity contribution is -0.926. The number of carbonyl (C=O) groups is 1. The zero-order chi connectivity index (χ0) is 25.8. The summed E-state index contributed by atoms with van der Waals surface area (Å²) in [5.74, 6) is -0.253. The second-order valence-electron chi connectivity index (χ2n) is 9.19. The van der Waals surface area contributed by atoms with Crippen LogP contribution in [0.2, 0.25) is 5.02 Å². The van der Waals surface area contributed by atoms with Crippen molar-refractivity contribution in [1.82, 2.24) is 0 Å². The Morgan fingerprint density at radius 2 is 1.41 bits per heavy atom. The van der Waals surface area contributed by atoms with E-state index in [1.807, 2.05) is 12.1 Å². The summed E-state index contributed by atoms with van der Waals surface area (Å²) in [5.41, 5.74) is 3.95. The number of benzene rings is 4. The molecule has 186 valence electrons. The number of halogens is 1. The second-order valence-corrected chi connectivity index (χ2v) is 9.63.